The van der Waals surface area contributed by atoms with Crippen molar-refractivity contribution in [3.63, 3.8) is 0 Å². The fraction of sp³-hybridized carbons (Fsp3) is 0.154. The second kappa shape index (κ2) is 5.42. The number of halogens is 1. The zero-order valence-corrected chi connectivity index (χ0v) is 10.1. The van der Waals surface area contributed by atoms with E-state index in [1.54, 1.807) is 6.92 Å². The Morgan fingerprint density at radius 3 is 2.74 bits per heavy atom. The molecule has 0 fully saturated rings. The van der Waals surface area contributed by atoms with Crippen LogP contribution in [0.15, 0.2) is 24.5 Å². The van der Waals surface area contributed by atoms with Crippen LogP contribution in [0.3, 0.4) is 0 Å². The molecule has 0 bridgehead atoms. The lowest BCUT2D eigenvalue weighted by Gasteiger charge is -2.08. The van der Waals surface area contributed by atoms with Crippen LogP contribution < -0.4 is 4.74 Å². The van der Waals surface area contributed by atoms with Crippen molar-refractivity contribution in [1.29, 1.82) is 5.26 Å². The summed E-state index contributed by atoms with van der Waals surface area (Å²) in [6.45, 7) is 1.41. The zero-order chi connectivity index (χ0) is 13.8. The molecule has 96 valence electrons. The fourth-order valence-corrected chi connectivity index (χ4v) is 1.47. The van der Waals surface area contributed by atoms with E-state index in [1.807, 2.05) is 6.07 Å². The van der Waals surface area contributed by atoms with E-state index in [2.05, 4.69) is 9.97 Å². The molecule has 0 aliphatic heterocycles. The van der Waals surface area contributed by atoms with Gasteiger partial charge in [-0.1, -0.05) is 0 Å². The largest absolute Gasteiger partial charge is 0.433 e. The molecule has 0 aliphatic rings. The first-order valence-electron chi connectivity index (χ1n) is 5.44. The van der Waals surface area contributed by atoms with Gasteiger partial charge in [-0.3, -0.25) is 4.98 Å². The molecule has 0 spiro atoms. The maximum absolute atomic E-state index is 13.8. The van der Waals surface area contributed by atoms with E-state index in [-0.39, 0.29) is 23.8 Å². The van der Waals surface area contributed by atoms with Gasteiger partial charge < -0.3 is 9.84 Å². The van der Waals surface area contributed by atoms with E-state index in [1.165, 1.54) is 18.5 Å². The van der Waals surface area contributed by atoms with Crippen LogP contribution in [0.2, 0.25) is 0 Å². The molecule has 1 N–H and O–H groups in total. The Kier molecular flexibility index (Phi) is 3.68. The molecule has 19 heavy (non-hydrogen) atoms. The second-order valence-corrected chi connectivity index (χ2v) is 3.82. The lowest BCUT2D eigenvalue weighted by molar-refractivity contribution is 0.281. The number of aliphatic hydroxyl groups is 1. The number of ether oxygens (including phenoxy) is 1. The van der Waals surface area contributed by atoms with Crippen LogP contribution in [-0.4, -0.2) is 15.1 Å². The van der Waals surface area contributed by atoms with Crippen molar-refractivity contribution < 1.29 is 14.2 Å². The van der Waals surface area contributed by atoms with Gasteiger partial charge in [0.1, 0.15) is 6.07 Å². The normalized spacial score (nSPS) is 10.0. The minimum absolute atomic E-state index is 0.00794. The maximum atomic E-state index is 13.8. The Balaban J connectivity index is 2.39. The van der Waals surface area contributed by atoms with Gasteiger partial charge in [0.2, 0.25) is 5.88 Å². The molecule has 1 heterocycles. The topological polar surface area (TPSA) is 79.0 Å². The number of aromatic nitrogens is 2. The second-order valence-electron chi connectivity index (χ2n) is 3.82. The fourth-order valence-electron chi connectivity index (χ4n) is 1.47. The molecule has 2 rings (SSSR count). The van der Waals surface area contributed by atoms with Gasteiger partial charge >= 0.3 is 0 Å². The highest BCUT2D eigenvalue weighted by atomic mass is 19.1. The smallest absolute Gasteiger partial charge is 0.238 e. The van der Waals surface area contributed by atoms with Gasteiger partial charge in [0.05, 0.1) is 30.3 Å². The third-order valence-corrected chi connectivity index (χ3v) is 2.37. The Morgan fingerprint density at radius 1 is 1.37 bits per heavy atom. The number of hydrogen-bond donors (Lipinski definition) is 1. The minimum atomic E-state index is -0.731. The molecule has 0 saturated carbocycles. The van der Waals surface area contributed by atoms with Gasteiger partial charge in [0.25, 0.3) is 0 Å². The number of aryl methyl sites for hydroxylation is 1. The third-order valence-electron chi connectivity index (χ3n) is 2.37. The molecule has 1 aromatic heterocycles. The first-order chi connectivity index (χ1) is 9.13. The summed E-state index contributed by atoms with van der Waals surface area (Å²) in [7, 11) is 0. The maximum Gasteiger partial charge on any atom is 0.238 e. The number of nitrogens with zero attached hydrogens (tertiary/aromatic N) is 3. The van der Waals surface area contributed by atoms with Crippen molar-refractivity contribution in [2.24, 2.45) is 0 Å². The highest BCUT2D eigenvalue weighted by Crippen LogP contribution is 2.28. The van der Waals surface area contributed by atoms with Crippen LogP contribution in [0.4, 0.5) is 4.39 Å². The van der Waals surface area contributed by atoms with Crippen LogP contribution in [0, 0.1) is 24.1 Å². The lowest BCUT2D eigenvalue weighted by Crippen LogP contribution is -1.97. The summed E-state index contributed by atoms with van der Waals surface area (Å²) in [6.07, 6.45) is 2.82. The SMILES string of the molecule is Cc1cnc(Oc2c(F)cc(CO)cc2C#N)cn1. The van der Waals surface area contributed by atoms with Crippen molar-refractivity contribution in [3.05, 3.63) is 47.2 Å². The standard InChI is InChI=1S/C13H10FN3O2/c1-8-5-17-12(6-16-8)19-13-10(4-15)2-9(7-18)3-11(13)14/h2-3,5-6,18H,7H2,1H3. The van der Waals surface area contributed by atoms with Crippen LogP contribution in [0.25, 0.3) is 0 Å². The van der Waals surface area contributed by atoms with Crippen LogP contribution in [0.1, 0.15) is 16.8 Å². The molecular formula is C13H10FN3O2. The third kappa shape index (κ3) is 2.84. The predicted octanol–water partition coefficient (Wildman–Crippen LogP) is 2.08. The average molecular weight is 259 g/mol. The Bertz CT molecular complexity index is 636. The number of aliphatic hydroxyl groups excluding tert-OH is 1. The van der Waals surface area contributed by atoms with Crippen LogP contribution in [-0.2, 0) is 6.61 Å². The summed E-state index contributed by atoms with van der Waals surface area (Å²) in [6, 6.07) is 4.29. The van der Waals surface area contributed by atoms with Crippen LogP contribution in [0.5, 0.6) is 11.6 Å². The van der Waals surface area contributed by atoms with E-state index in [4.69, 9.17) is 15.1 Å². The van der Waals surface area contributed by atoms with Gasteiger partial charge in [-0.15, -0.1) is 0 Å². The molecule has 0 aliphatic carbocycles. The summed E-state index contributed by atoms with van der Waals surface area (Å²) >= 11 is 0. The van der Waals surface area contributed by atoms with Crippen molar-refractivity contribution in [3.8, 4) is 17.7 Å². The van der Waals surface area contributed by atoms with Crippen molar-refractivity contribution >= 4 is 0 Å². The van der Waals surface area contributed by atoms with Gasteiger partial charge in [-0.25, -0.2) is 9.37 Å². The molecule has 6 heteroatoms. The summed E-state index contributed by atoms with van der Waals surface area (Å²) in [5.41, 5.74) is 0.992. The predicted molar refractivity (Wildman–Crippen MR) is 63.9 cm³/mol. The molecule has 2 aromatic rings. The molecule has 0 radical (unpaired) electrons. The number of nitriles is 1. The van der Waals surface area contributed by atoms with Crippen molar-refractivity contribution in [1.82, 2.24) is 9.97 Å². The summed E-state index contributed by atoms with van der Waals surface area (Å²) in [5, 5.41) is 17.9. The van der Waals surface area contributed by atoms with Crippen molar-refractivity contribution in [2.75, 3.05) is 0 Å². The average Bonchev–Trinajstić information content (AvgIpc) is 2.43. The molecule has 5 nitrogen and oxygen atoms in total. The van der Waals surface area contributed by atoms with E-state index >= 15 is 0 Å². The van der Waals surface area contributed by atoms with E-state index in [9.17, 15) is 4.39 Å². The molecular weight excluding hydrogens is 249 g/mol. The van der Waals surface area contributed by atoms with Crippen molar-refractivity contribution in [2.45, 2.75) is 13.5 Å². The Hall–Kier alpha value is -2.52. The molecule has 0 atom stereocenters. The highest BCUT2D eigenvalue weighted by Gasteiger charge is 2.14. The number of hydrogen-bond acceptors (Lipinski definition) is 5. The first-order valence-corrected chi connectivity index (χ1v) is 5.44. The van der Waals surface area contributed by atoms with Gasteiger partial charge in [-0.05, 0) is 24.6 Å². The highest BCUT2D eigenvalue weighted by molar-refractivity contribution is 5.47. The summed E-state index contributed by atoms with van der Waals surface area (Å²) < 4.78 is 19.0. The Morgan fingerprint density at radius 2 is 2.16 bits per heavy atom. The van der Waals surface area contributed by atoms with Crippen LogP contribution >= 0.6 is 0 Å². The van der Waals surface area contributed by atoms with E-state index in [0.717, 1.165) is 6.07 Å². The number of benzene rings is 1. The lowest BCUT2D eigenvalue weighted by atomic mass is 10.1. The van der Waals surface area contributed by atoms with E-state index in [0.29, 0.717) is 11.3 Å². The monoisotopic (exact) mass is 259 g/mol. The molecule has 1 aromatic carbocycles. The van der Waals surface area contributed by atoms with Gasteiger partial charge in [-0.2, -0.15) is 5.26 Å². The molecule has 0 saturated heterocycles. The summed E-state index contributed by atoms with van der Waals surface area (Å²) in [5.74, 6) is -0.860. The zero-order valence-electron chi connectivity index (χ0n) is 10.1. The summed E-state index contributed by atoms with van der Waals surface area (Å²) in [4.78, 5) is 7.88. The number of rotatable bonds is 3. The minimum Gasteiger partial charge on any atom is -0.433 e. The van der Waals surface area contributed by atoms with Gasteiger partial charge in [0.15, 0.2) is 11.6 Å². The molecule has 0 amide bonds. The molecule has 0 unspecified atom stereocenters. The van der Waals surface area contributed by atoms with E-state index < -0.39 is 5.82 Å². The van der Waals surface area contributed by atoms with Gasteiger partial charge in [0, 0.05) is 0 Å². The quantitative estimate of drug-likeness (QED) is 0.912. The Labute approximate surface area is 108 Å². The first kappa shape index (κ1) is 12.9.